The van der Waals surface area contributed by atoms with Gasteiger partial charge in [-0.05, 0) is 30.7 Å². The molecule has 29 heavy (non-hydrogen) atoms. The van der Waals surface area contributed by atoms with E-state index in [1.54, 1.807) is 25.5 Å². The Morgan fingerprint density at radius 3 is 2.72 bits per heavy atom. The number of amides is 1. The molecular formula is C20H20F3N3O3. The second kappa shape index (κ2) is 8.85. The molecule has 0 atom stereocenters. The second-order valence-electron chi connectivity index (χ2n) is 6.36. The van der Waals surface area contributed by atoms with E-state index in [4.69, 9.17) is 9.15 Å². The van der Waals surface area contributed by atoms with E-state index in [-0.39, 0.29) is 12.3 Å². The zero-order valence-electron chi connectivity index (χ0n) is 15.7. The Morgan fingerprint density at radius 1 is 1.21 bits per heavy atom. The van der Waals surface area contributed by atoms with Gasteiger partial charge in [-0.3, -0.25) is 4.79 Å². The summed E-state index contributed by atoms with van der Waals surface area (Å²) in [5, 5.41) is 6.59. The van der Waals surface area contributed by atoms with Gasteiger partial charge in [0.1, 0.15) is 17.2 Å². The minimum atomic E-state index is -4.40. The van der Waals surface area contributed by atoms with Gasteiger partial charge in [0.25, 0.3) is 0 Å². The van der Waals surface area contributed by atoms with E-state index in [0.717, 1.165) is 23.2 Å². The lowest BCUT2D eigenvalue weighted by Crippen LogP contribution is -2.27. The molecule has 0 saturated heterocycles. The third-order valence-electron chi connectivity index (χ3n) is 4.29. The summed E-state index contributed by atoms with van der Waals surface area (Å²) in [5.74, 6) is 0.888. The first-order chi connectivity index (χ1) is 13.9. The molecular weight excluding hydrogens is 387 g/mol. The monoisotopic (exact) mass is 407 g/mol. The van der Waals surface area contributed by atoms with Crippen LogP contribution in [0.15, 0.2) is 47.2 Å². The first kappa shape index (κ1) is 20.5. The molecule has 0 bridgehead atoms. The standard InChI is InChI=1S/C20H20F3N3O3/c1-28-15-4-5-16-13(12-29-17(16)10-15)9-19(27)25-8-2-7-24-18-6-3-14(11-26-18)20(21,22)23/h3-6,10-12H,2,7-9H2,1H3,(H,24,26)(H,25,27). The van der Waals surface area contributed by atoms with Crippen LogP contribution in [0.3, 0.4) is 0 Å². The summed E-state index contributed by atoms with van der Waals surface area (Å²) in [5.41, 5.74) is 0.646. The van der Waals surface area contributed by atoms with Crippen LogP contribution in [0.2, 0.25) is 0 Å². The maximum atomic E-state index is 12.5. The van der Waals surface area contributed by atoms with Crippen LogP contribution in [0.1, 0.15) is 17.5 Å². The third kappa shape index (κ3) is 5.40. The average molecular weight is 407 g/mol. The van der Waals surface area contributed by atoms with E-state index in [0.29, 0.717) is 36.7 Å². The van der Waals surface area contributed by atoms with E-state index in [2.05, 4.69) is 15.6 Å². The van der Waals surface area contributed by atoms with Crippen LogP contribution < -0.4 is 15.4 Å². The van der Waals surface area contributed by atoms with Gasteiger partial charge in [0.15, 0.2) is 0 Å². The molecule has 0 aliphatic rings. The molecule has 2 N–H and O–H groups in total. The second-order valence-corrected chi connectivity index (χ2v) is 6.36. The largest absolute Gasteiger partial charge is 0.497 e. The van der Waals surface area contributed by atoms with Gasteiger partial charge in [0, 0.05) is 36.3 Å². The van der Waals surface area contributed by atoms with Crippen molar-refractivity contribution >= 4 is 22.7 Å². The number of aromatic nitrogens is 1. The van der Waals surface area contributed by atoms with Gasteiger partial charge in [-0.25, -0.2) is 4.98 Å². The zero-order chi connectivity index (χ0) is 20.9. The number of methoxy groups -OCH3 is 1. The van der Waals surface area contributed by atoms with Crippen LogP contribution in [0, 0.1) is 0 Å². The van der Waals surface area contributed by atoms with Gasteiger partial charge in [0.05, 0.1) is 25.4 Å². The van der Waals surface area contributed by atoms with Crippen molar-refractivity contribution in [2.75, 3.05) is 25.5 Å². The first-order valence-electron chi connectivity index (χ1n) is 8.95. The molecule has 1 aromatic carbocycles. The smallest absolute Gasteiger partial charge is 0.417 e. The predicted octanol–water partition coefficient (Wildman–Crippen LogP) is 4.02. The van der Waals surface area contributed by atoms with Crippen LogP contribution in [0.5, 0.6) is 5.75 Å². The number of anilines is 1. The zero-order valence-corrected chi connectivity index (χ0v) is 15.7. The molecule has 154 valence electrons. The SMILES string of the molecule is COc1ccc2c(CC(=O)NCCCNc3ccc(C(F)(F)F)cn3)coc2c1. The summed E-state index contributed by atoms with van der Waals surface area (Å²) >= 11 is 0. The van der Waals surface area contributed by atoms with Crippen molar-refractivity contribution in [3.8, 4) is 5.75 Å². The number of benzene rings is 1. The molecule has 6 nitrogen and oxygen atoms in total. The number of pyridine rings is 1. The Labute approximate surface area is 165 Å². The number of hydrogen-bond acceptors (Lipinski definition) is 5. The maximum absolute atomic E-state index is 12.5. The Bertz CT molecular complexity index is 969. The highest BCUT2D eigenvalue weighted by Crippen LogP contribution is 2.29. The number of nitrogens with zero attached hydrogens (tertiary/aromatic N) is 1. The summed E-state index contributed by atoms with van der Waals surface area (Å²) in [6.45, 7) is 0.892. The molecule has 0 spiro atoms. The lowest BCUT2D eigenvalue weighted by molar-refractivity contribution is -0.137. The molecule has 0 aliphatic heterocycles. The fourth-order valence-electron chi connectivity index (χ4n) is 2.76. The van der Waals surface area contributed by atoms with Crippen molar-refractivity contribution in [1.82, 2.24) is 10.3 Å². The lowest BCUT2D eigenvalue weighted by atomic mass is 10.1. The minimum Gasteiger partial charge on any atom is -0.497 e. The summed E-state index contributed by atoms with van der Waals surface area (Å²) in [6.07, 6.45) is -1.27. The molecule has 3 rings (SSSR count). The molecule has 2 heterocycles. The van der Waals surface area contributed by atoms with Gasteiger partial charge >= 0.3 is 6.18 Å². The number of nitrogens with one attached hydrogen (secondary N) is 2. The van der Waals surface area contributed by atoms with Gasteiger partial charge < -0.3 is 19.8 Å². The third-order valence-corrected chi connectivity index (χ3v) is 4.29. The number of halogens is 3. The van der Waals surface area contributed by atoms with E-state index < -0.39 is 11.7 Å². The van der Waals surface area contributed by atoms with Crippen LogP contribution in [-0.2, 0) is 17.4 Å². The van der Waals surface area contributed by atoms with Crippen LogP contribution in [0.25, 0.3) is 11.0 Å². The summed E-state index contributed by atoms with van der Waals surface area (Å²) in [7, 11) is 1.57. The molecule has 2 aromatic heterocycles. The Hall–Kier alpha value is -3.23. The number of ether oxygens (including phenoxy) is 1. The maximum Gasteiger partial charge on any atom is 0.417 e. The average Bonchev–Trinajstić information content (AvgIpc) is 3.09. The molecule has 0 fully saturated rings. The lowest BCUT2D eigenvalue weighted by Gasteiger charge is -2.09. The number of carbonyl (C=O) groups excluding carboxylic acids is 1. The summed E-state index contributed by atoms with van der Waals surface area (Å²) < 4.78 is 48.1. The quantitative estimate of drug-likeness (QED) is 0.552. The molecule has 1 amide bonds. The normalized spacial score (nSPS) is 11.4. The fraction of sp³-hybridized carbons (Fsp3) is 0.300. The van der Waals surface area contributed by atoms with Crippen molar-refractivity contribution in [3.63, 3.8) is 0 Å². The molecule has 0 radical (unpaired) electrons. The number of hydrogen-bond donors (Lipinski definition) is 2. The van der Waals surface area contributed by atoms with Crippen molar-refractivity contribution < 1.29 is 27.1 Å². The number of rotatable bonds is 8. The van der Waals surface area contributed by atoms with Crippen molar-refractivity contribution in [3.05, 3.63) is 53.9 Å². The number of alkyl halides is 3. The number of carbonyl (C=O) groups is 1. The fourth-order valence-corrected chi connectivity index (χ4v) is 2.76. The first-order valence-corrected chi connectivity index (χ1v) is 8.95. The molecule has 0 saturated carbocycles. The van der Waals surface area contributed by atoms with Gasteiger partial charge in [-0.1, -0.05) is 0 Å². The van der Waals surface area contributed by atoms with Gasteiger partial charge in [-0.2, -0.15) is 13.2 Å². The highest BCUT2D eigenvalue weighted by molar-refractivity contribution is 5.88. The molecule has 3 aromatic rings. The number of furan rings is 1. The van der Waals surface area contributed by atoms with E-state index >= 15 is 0 Å². The van der Waals surface area contributed by atoms with Crippen LogP contribution >= 0.6 is 0 Å². The summed E-state index contributed by atoms with van der Waals surface area (Å²) in [6, 6.07) is 7.67. The molecule has 0 aliphatic carbocycles. The van der Waals surface area contributed by atoms with E-state index in [1.807, 2.05) is 6.07 Å². The Kier molecular flexibility index (Phi) is 6.26. The molecule has 0 unspecified atom stereocenters. The minimum absolute atomic E-state index is 0.142. The highest BCUT2D eigenvalue weighted by atomic mass is 19.4. The predicted molar refractivity (Wildman–Crippen MR) is 102 cm³/mol. The number of fused-ring (bicyclic) bond motifs is 1. The van der Waals surface area contributed by atoms with Gasteiger partial charge in [0.2, 0.25) is 5.91 Å². The van der Waals surface area contributed by atoms with E-state index in [1.165, 1.54) is 6.07 Å². The highest BCUT2D eigenvalue weighted by Gasteiger charge is 2.30. The topological polar surface area (TPSA) is 76.4 Å². The van der Waals surface area contributed by atoms with Crippen LogP contribution in [0.4, 0.5) is 19.0 Å². The molecule has 9 heteroatoms. The Morgan fingerprint density at radius 2 is 2.03 bits per heavy atom. The summed E-state index contributed by atoms with van der Waals surface area (Å²) in [4.78, 5) is 15.9. The van der Waals surface area contributed by atoms with Crippen molar-refractivity contribution in [2.45, 2.75) is 19.0 Å². The van der Waals surface area contributed by atoms with Gasteiger partial charge in [-0.15, -0.1) is 0 Å². The van der Waals surface area contributed by atoms with Crippen molar-refractivity contribution in [2.24, 2.45) is 0 Å². The Balaban J connectivity index is 1.40. The van der Waals surface area contributed by atoms with E-state index in [9.17, 15) is 18.0 Å². The van der Waals surface area contributed by atoms with Crippen molar-refractivity contribution in [1.29, 1.82) is 0 Å². The van der Waals surface area contributed by atoms with Crippen LogP contribution in [-0.4, -0.2) is 31.1 Å².